The first-order valence-electron chi connectivity index (χ1n) is 8.26. The van der Waals surface area contributed by atoms with Crippen molar-refractivity contribution in [2.75, 3.05) is 16.8 Å². The van der Waals surface area contributed by atoms with E-state index in [-0.39, 0.29) is 39.3 Å². The summed E-state index contributed by atoms with van der Waals surface area (Å²) in [5.74, 6) is -0.633. The smallest absolute Gasteiger partial charge is 0.455 e. The number of nitrogens with two attached hydrogens (primary N) is 2. The summed E-state index contributed by atoms with van der Waals surface area (Å²) in [5, 5.41) is 2.77. The van der Waals surface area contributed by atoms with Crippen molar-refractivity contribution in [3.8, 4) is 17.2 Å². The molecule has 7 nitrogen and oxygen atoms in total. The highest BCUT2D eigenvalue weighted by molar-refractivity contribution is 6.31. The number of nitrogen functional groups attached to an aromatic ring is 2. The van der Waals surface area contributed by atoms with Crippen molar-refractivity contribution in [1.82, 2.24) is 4.98 Å². The molecule has 1 heterocycles. The molecular weight excluding hydrogens is 425 g/mol. The van der Waals surface area contributed by atoms with E-state index in [1.807, 2.05) is 0 Å². The lowest BCUT2D eigenvalue weighted by Crippen LogP contribution is -2.18. The zero-order chi connectivity index (χ0) is 21.9. The standard InChI is InChI=1S/C19H14ClF3N4O3/c20-11-7-12(9-14(8-11)29-15-4-5-26-17(25)16(15)24)27-18(28)10-2-1-3-13(6-10)30-19(21,22)23/h1-9H,24H2,(H2,25,26)(H,27,28). The van der Waals surface area contributed by atoms with Gasteiger partial charge in [0.15, 0.2) is 5.75 Å². The number of anilines is 3. The number of amides is 1. The Labute approximate surface area is 173 Å². The van der Waals surface area contributed by atoms with Gasteiger partial charge in [-0.2, -0.15) is 0 Å². The van der Waals surface area contributed by atoms with E-state index in [1.165, 1.54) is 42.6 Å². The molecule has 0 spiro atoms. The average Bonchev–Trinajstić information content (AvgIpc) is 2.64. The number of halogens is 4. The summed E-state index contributed by atoms with van der Waals surface area (Å²) in [6.07, 6.45) is -3.46. The highest BCUT2D eigenvalue weighted by Crippen LogP contribution is 2.33. The number of pyridine rings is 1. The van der Waals surface area contributed by atoms with Crippen LogP contribution < -0.4 is 26.3 Å². The number of alkyl halides is 3. The van der Waals surface area contributed by atoms with Crippen molar-refractivity contribution in [2.45, 2.75) is 6.36 Å². The number of hydrogen-bond acceptors (Lipinski definition) is 6. The van der Waals surface area contributed by atoms with Crippen LogP contribution in [0.25, 0.3) is 0 Å². The van der Waals surface area contributed by atoms with Crippen molar-refractivity contribution in [3.05, 3.63) is 65.3 Å². The van der Waals surface area contributed by atoms with Gasteiger partial charge in [0.1, 0.15) is 23.0 Å². The molecule has 0 fully saturated rings. The summed E-state index contributed by atoms with van der Waals surface area (Å²) in [6.45, 7) is 0. The molecule has 0 radical (unpaired) electrons. The van der Waals surface area contributed by atoms with Gasteiger partial charge in [0.2, 0.25) is 0 Å². The van der Waals surface area contributed by atoms with Crippen LogP contribution >= 0.6 is 11.6 Å². The van der Waals surface area contributed by atoms with E-state index in [2.05, 4.69) is 15.0 Å². The number of ether oxygens (including phenoxy) is 2. The molecule has 0 aliphatic carbocycles. The molecule has 0 unspecified atom stereocenters. The largest absolute Gasteiger partial charge is 0.573 e. The lowest BCUT2D eigenvalue weighted by molar-refractivity contribution is -0.274. The molecule has 156 valence electrons. The summed E-state index contributed by atoms with van der Waals surface area (Å²) in [7, 11) is 0. The Hall–Kier alpha value is -3.66. The van der Waals surface area contributed by atoms with Gasteiger partial charge in [0.25, 0.3) is 5.91 Å². The Morgan fingerprint density at radius 3 is 2.57 bits per heavy atom. The molecule has 0 atom stereocenters. The van der Waals surface area contributed by atoms with Gasteiger partial charge >= 0.3 is 6.36 Å². The molecule has 0 aliphatic heterocycles. The Balaban J connectivity index is 1.79. The van der Waals surface area contributed by atoms with E-state index < -0.39 is 18.0 Å². The molecule has 5 N–H and O–H groups in total. The maximum absolute atomic E-state index is 12.4. The fourth-order valence-electron chi connectivity index (χ4n) is 2.42. The third kappa shape index (κ3) is 5.45. The predicted molar refractivity (Wildman–Crippen MR) is 106 cm³/mol. The first-order chi connectivity index (χ1) is 14.1. The summed E-state index contributed by atoms with van der Waals surface area (Å²) in [4.78, 5) is 16.3. The summed E-state index contributed by atoms with van der Waals surface area (Å²) < 4.78 is 46.6. The second kappa shape index (κ2) is 8.37. The highest BCUT2D eigenvalue weighted by atomic mass is 35.5. The number of carbonyl (C=O) groups excluding carboxylic acids is 1. The lowest BCUT2D eigenvalue weighted by atomic mass is 10.2. The maximum Gasteiger partial charge on any atom is 0.573 e. The molecule has 30 heavy (non-hydrogen) atoms. The average molecular weight is 439 g/mol. The molecule has 3 aromatic rings. The quantitative estimate of drug-likeness (QED) is 0.525. The van der Waals surface area contributed by atoms with E-state index >= 15 is 0 Å². The van der Waals surface area contributed by atoms with Crippen molar-refractivity contribution < 1.29 is 27.4 Å². The molecule has 0 aliphatic rings. The van der Waals surface area contributed by atoms with Crippen molar-refractivity contribution >= 4 is 34.7 Å². The minimum atomic E-state index is -4.87. The Kier molecular flexibility index (Phi) is 5.88. The van der Waals surface area contributed by atoms with Crippen LogP contribution in [0, 0.1) is 0 Å². The van der Waals surface area contributed by atoms with Crippen molar-refractivity contribution in [1.29, 1.82) is 0 Å². The summed E-state index contributed by atoms with van der Waals surface area (Å²) in [6, 6.07) is 10.5. The molecule has 1 amide bonds. The molecule has 11 heteroatoms. The third-order valence-electron chi connectivity index (χ3n) is 3.67. The summed E-state index contributed by atoms with van der Waals surface area (Å²) in [5.41, 5.74) is 11.8. The van der Waals surface area contributed by atoms with Crippen LogP contribution in [0.1, 0.15) is 10.4 Å². The number of benzene rings is 2. The van der Waals surface area contributed by atoms with Gasteiger partial charge in [-0.1, -0.05) is 17.7 Å². The van der Waals surface area contributed by atoms with Gasteiger partial charge in [-0.15, -0.1) is 13.2 Å². The van der Waals surface area contributed by atoms with Crippen LogP contribution in [0.5, 0.6) is 17.2 Å². The number of hydrogen-bond donors (Lipinski definition) is 3. The van der Waals surface area contributed by atoms with Crippen LogP contribution in [0.4, 0.5) is 30.4 Å². The molecule has 1 aromatic heterocycles. The van der Waals surface area contributed by atoms with Crippen molar-refractivity contribution in [2.24, 2.45) is 0 Å². The number of aromatic nitrogens is 1. The second-order valence-corrected chi connectivity index (χ2v) is 6.35. The van der Waals surface area contributed by atoms with Gasteiger partial charge in [-0.3, -0.25) is 4.79 Å². The Morgan fingerprint density at radius 2 is 1.83 bits per heavy atom. The number of nitrogens with one attached hydrogen (secondary N) is 1. The predicted octanol–water partition coefficient (Wildman–Crippen LogP) is 4.84. The first kappa shape index (κ1) is 21.1. The Morgan fingerprint density at radius 1 is 1.07 bits per heavy atom. The van der Waals surface area contributed by atoms with Crippen LogP contribution in [0.2, 0.25) is 5.02 Å². The minimum absolute atomic E-state index is 0.0506. The molecule has 0 saturated carbocycles. The molecule has 3 rings (SSSR count). The Bertz CT molecular complexity index is 1090. The SMILES string of the molecule is Nc1nccc(Oc2cc(Cl)cc(NC(=O)c3cccc(OC(F)(F)F)c3)c2)c1N. The topological polar surface area (TPSA) is 112 Å². The van der Waals surface area contributed by atoms with E-state index in [9.17, 15) is 18.0 Å². The number of rotatable bonds is 5. The third-order valence-corrected chi connectivity index (χ3v) is 3.89. The van der Waals surface area contributed by atoms with Gasteiger partial charge < -0.3 is 26.3 Å². The zero-order valence-electron chi connectivity index (χ0n) is 15.0. The van der Waals surface area contributed by atoms with Gasteiger partial charge in [0.05, 0.1) is 0 Å². The van der Waals surface area contributed by atoms with Crippen LogP contribution in [0.15, 0.2) is 54.7 Å². The summed E-state index contributed by atoms with van der Waals surface area (Å²) >= 11 is 6.07. The van der Waals surface area contributed by atoms with Gasteiger partial charge in [0, 0.05) is 34.6 Å². The number of carbonyl (C=O) groups is 1. The normalized spacial score (nSPS) is 11.1. The van der Waals surface area contributed by atoms with E-state index in [1.54, 1.807) is 0 Å². The molecule has 0 saturated heterocycles. The fraction of sp³-hybridized carbons (Fsp3) is 0.0526. The van der Waals surface area contributed by atoms with Gasteiger partial charge in [-0.25, -0.2) is 4.98 Å². The molecule has 2 aromatic carbocycles. The first-order valence-corrected chi connectivity index (χ1v) is 8.64. The van der Waals surface area contributed by atoms with E-state index in [0.29, 0.717) is 0 Å². The lowest BCUT2D eigenvalue weighted by Gasteiger charge is -2.13. The molecule has 0 bridgehead atoms. The van der Waals surface area contributed by atoms with E-state index in [0.717, 1.165) is 12.1 Å². The van der Waals surface area contributed by atoms with Crippen LogP contribution in [-0.4, -0.2) is 17.3 Å². The van der Waals surface area contributed by atoms with Gasteiger partial charge in [-0.05, 0) is 30.3 Å². The maximum atomic E-state index is 12.4. The number of nitrogens with zero attached hydrogens (tertiary/aromatic N) is 1. The highest BCUT2D eigenvalue weighted by Gasteiger charge is 2.31. The fourth-order valence-corrected chi connectivity index (χ4v) is 2.64. The van der Waals surface area contributed by atoms with Crippen molar-refractivity contribution in [3.63, 3.8) is 0 Å². The van der Waals surface area contributed by atoms with Crippen LogP contribution in [-0.2, 0) is 0 Å². The molecular formula is C19H14ClF3N4O3. The van der Waals surface area contributed by atoms with E-state index in [4.69, 9.17) is 27.8 Å². The zero-order valence-corrected chi connectivity index (χ0v) is 15.8. The monoisotopic (exact) mass is 438 g/mol. The van der Waals surface area contributed by atoms with Crippen LogP contribution in [0.3, 0.4) is 0 Å². The second-order valence-electron chi connectivity index (χ2n) is 5.92. The minimum Gasteiger partial charge on any atom is -0.455 e.